The van der Waals surface area contributed by atoms with E-state index in [0.717, 1.165) is 10.5 Å². The first-order valence-electron chi connectivity index (χ1n) is 10.0. The van der Waals surface area contributed by atoms with E-state index in [2.05, 4.69) is 5.32 Å². The summed E-state index contributed by atoms with van der Waals surface area (Å²) < 4.78 is 10.0. The monoisotopic (exact) mass is 458 g/mol. The van der Waals surface area contributed by atoms with E-state index in [-0.39, 0.29) is 29.3 Å². The first-order chi connectivity index (χ1) is 15.3. The van der Waals surface area contributed by atoms with Crippen LogP contribution in [0.3, 0.4) is 0 Å². The number of nitrogens with one attached hydrogen (secondary N) is 1. The summed E-state index contributed by atoms with van der Waals surface area (Å²) >= 11 is 5.86. The van der Waals surface area contributed by atoms with Crippen LogP contribution in [0, 0.1) is 0 Å². The fourth-order valence-electron chi connectivity index (χ4n) is 3.32. The van der Waals surface area contributed by atoms with Crippen molar-refractivity contribution in [1.29, 1.82) is 0 Å². The van der Waals surface area contributed by atoms with Gasteiger partial charge in [0.15, 0.2) is 6.61 Å². The van der Waals surface area contributed by atoms with E-state index < -0.39 is 30.3 Å². The Morgan fingerprint density at radius 2 is 1.75 bits per heavy atom. The van der Waals surface area contributed by atoms with E-state index in [1.807, 2.05) is 0 Å². The number of hydrogen-bond acceptors (Lipinski definition) is 6. The van der Waals surface area contributed by atoms with Gasteiger partial charge in [0.05, 0.1) is 22.7 Å². The van der Waals surface area contributed by atoms with Crippen molar-refractivity contribution in [3.05, 3.63) is 69.7 Å². The maximum atomic E-state index is 12.6. The van der Waals surface area contributed by atoms with Gasteiger partial charge in [0, 0.05) is 25.3 Å². The van der Waals surface area contributed by atoms with Gasteiger partial charge in [-0.05, 0) is 49.2 Å². The number of ether oxygens (including phenoxy) is 2. The highest BCUT2D eigenvalue weighted by Gasteiger charge is 2.35. The number of nitrogens with zero attached hydrogens (tertiary/aromatic N) is 1. The predicted octanol–water partition coefficient (Wildman–Crippen LogP) is 3.01. The number of amides is 3. The van der Waals surface area contributed by atoms with Crippen molar-refractivity contribution < 1.29 is 28.7 Å². The summed E-state index contributed by atoms with van der Waals surface area (Å²) in [4.78, 5) is 50.6. The van der Waals surface area contributed by atoms with Crippen molar-refractivity contribution in [1.82, 2.24) is 10.2 Å². The summed E-state index contributed by atoms with van der Waals surface area (Å²) in [7, 11) is 1.54. The molecule has 32 heavy (non-hydrogen) atoms. The Labute approximate surface area is 190 Å². The van der Waals surface area contributed by atoms with Crippen molar-refractivity contribution in [2.45, 2.75) is 19.4 Å². The van der Waals surface area contributed by atoms with Crippen molar-refractivity contribution in [3.63, 3.8) is 0 Å². The standard InChI is InChI=1S/C23H23ClN2O6/c1-14(15-4-7-17(24)8-5-15)25-20(27)13-32-23(30)16-6-9-18-19(12-16)22(29)26(21(18)28)10-3-11-31-2/h4-9,12,14H,3,10-11,13H2,1-2H3,(H,25,27)/t14-/m1/s1. The van der Waals surface area contributed by atoms with Crippen molar-refractivity contribution in [3.8, 4) is 0 Å². The molecule has 1 aliphatic rings. The quantitative estimate of drug-likeness (QED) is 0.352. The van der Waals surface area contributed by atoms with Gasteiger partial charge in [-0.1, -0.05) is 23.7 Å². The summed E-state index contributed by atoms with van der Waals surface area (Å²) in [6, 6.07) is 10.9. The molecule has 2 aromatic carbocycles. The van der Waals surface area contributed by atoms with E-state index >= 15 is 0 Å². The Morgan fingerprint density at radius 3 is 2.44 bits per heavy atom. The zero-order valence-corrected chi connectivity index (χ0v) is 18.5. The highest BCUT2D eigenvalue weighted by atomic mass is 35.5. The van der Waals surface area contributed by atoms with Gasteiger partial charge in [0.2, 0.25) is 0 Å². The van der Waals surface area contributed by atoms with Crippen LogP contribution in [0.15, 0.2) is 42.5 Å². The molecule has 9 heteroatoms. The number of rotatable bonds is 9. The van der Waals surface area contributed by atoms with Crippen molar-refractivity contribution in [2.24, 2.45) is 0 Å². The van der Waals surface area contributed by atoms with Gasteiger partial charge in [0.25, 0.3) is 17.7 Å². The first kappa shape index (κ1) is 23.4. The fourth-order valence-corrected chi connectivity index (χ4v) is 3.45. The van der Waals surface area contributed by atoms with Gasteiger partial charge < -0.3 is 14.8 Å². The molecular formula is C23H23ClN2O6. The normalized spacial score (nSPS) is 13.7. The van der Waals surface area contributed by atoms with E-state index in [0.29, 0.717) is 18.1 Å². The molecule has 0 spiro atoms. The summed E-state index contributed by atoms with van der Waals surface area (Å²) in [5, 5.41) is 3.32. The molecule has 0 bridgehead atoms. The number of imide groups is 1. The van der Waals surface area contributed by atoms with Crippen LogP contribution in [-0.4, -0.2) is 55.5 Å². The zero-order chi connectivity index (χ0) is 23.3. The van der Waals surface area contributed by atoms with E-state index in [1.54, 1.807) is 38.3 Å². The van der Waals surface area contributed by atoms with Crippen LogP contribution >= 0.6 is 11.6 Å². The van der Waals surface area contributed by atoms with Crippen LogP contribution in [0.5, 0.6) is 0 Å². The Hall–Kier alpha value is -3.23. The minimum atomic E-state index is -0.764. The van der Waals surface area contributed by atoms with Gasteiger partial charge in [-0.2, -0.15) is 0 Å². The van der Waals surface area contributed by atoms with E-state index in [4.69, 9.17) is 21.1 Å². The lowest BCUT2D eigenvalue weighted by atomic mass is 10.1. The molecular weight excluding hydrogens is 436 g/mol. The summed E-state index contributed by atoms with van der Waals surface area (Å²) in [5.74, 6) is -2.11. The minimum absolute atomic E-state index is 0.0854. The molecule has 0 unspecified atom stereocenters. The average Bonchev–Trinajstić information content (AvgIpc) is 3.02. The number of fused-ring (bicyclic) bond motifs is 1. The Kier molecular flexibility index (Phi) is 7.61. The molecule has 0 saturated carbocycles. The fraction of sp³-hybridized carbons (Fsp3) is 0.304. The highest BCUT2D eigenvalue weighted by molar-refractivity contribution is 6.30. The molecule has 8 nitrogen and oxygen atoms in total. The van der Waals surface area contributed by atoms with Crippen molar-refractivity contribution in [2.75, 3.05) is 26.9 Å². The molecule has 1 N–H and O–H groups in total. The highest BCUT2D eigenvalue weighted by Crippen LogP contribution is 2.24. The second-order valence-corrected chi connectivity index (χ2v) is 7.72. The number of hydrogen-bond donors (Lipinski definition) is 1. The lowest BCUT2D eigenvalue weighted by molar-refractivity contribution is -0.124. The maximum absolute atomic E-state index is 12.6. The van der Waals surface area contributed by atoms with E-state index in [9.17, 15) is 19.2 Å². The lowest BCUT2D eigenvalue weighted by Crippen LogP contribution is -2.31. The molecule has 3 rings (SSSR count). The predicted molar refractivity (Wildman–Crippen MR) is 117 cm³/mol. The third kappa shape index (κ3) is 5.33. The second kappa shape index (κ2) is 10.4. The maximum Gasteiger partial charge on any atom is 0.338 e. The minimum Gasteiger partial charge on any atom is -0.452 e. The summed E-state index contributed by atoms with van der Waals surface area (Å²) in [5.41, 5.74) is 1.31. The third-order valence-corrected chi connectivity index (χ3v) is 5.27. The number of benzene rings is 2. The molecule has 168 valence electrons. The van der Waals surface area contributed by atoms with Crippen LogP contribution in [0.4, 0.5) is 0 Å². The van der Waals surface area contributed by atoms with Gasteiger partial charge in [0.1, 0.15) is 0 Å². The van der Waals surface area contributed by atoms with E-state index in [1.165, 1.54) is 18.2 Å². The van der Waals surface area contributed by atoms with Crippen LogP contribution in [0.2, 0.25) is 5.02 Å². The topological polar surface area (TPSA) is 102 Å². The first-order valence-corrected chi connectivity index (χ1v) is 10.4. The summed E-state index contributed by atoms with van der Waals surface area (Å²) in [6.07, 6.45) is 0.514. The molecule has 1 heterocycles. The molecule has 0 fully saturated rings. The molecule has 3 amide bonds. The van der Waals surface area contributed by atoms with Gasteiger partial charge >= 0.3 is 5.97 Å². The smallest absolute Gasteiger partial charge is 0.338 e. The third-order valence-electron chi connectivity index (χ3n) is 5.02. The van der Waals surface area contributed by atoms with Crippen LogP contribution < -0.4 is 5.32 Å². The number of esters is 1. The molecule has 0 saturated heterocycles. The second-order valence-electron chi connectivity index (χ2n) is 7.29. The largest absolute Gasteiger partial charge is 0.452 e. The molecule has 0 aromatic heterocycles. The van der Waals surface area contributed by atoms with Crippen molar-refractivity contribution >= 4 is 35.3 Å². The van der Waals surface area contributed by atoms with Gasteiger partial charge in [-0.15, -0.1) is 0 Å². The molecule has 1 aliphatic heterocycles. The Bertz CT molecular complexity index is 1040. The molecule has 0 aliphatic carbocycles. The molecule has 0 radical (unpaired) electrons. The van der Waals surface area contributed by atoms with Crippen LogP contribution in [0.1, 0.15) is 56.0 Å². The van der Waals surface area contributed by atoms with Crippen LogP contribution in [-0.2, 0) is 14.3 Å². The zero-order valence-electron chi connectivity index (χ0n) is 17.7. The molecule has 2 aromatic rings. The average molecular weight is 459 g/mol. The number of halogens is 1. The number of carbonyl (C=O) groups is 4. The number of carbonyl (C=O) groups excluding carboxylic acids is 4. The Balaban J connectivity index is 1.57. The van der Waals surface area contributed by atoms with Gasteiger partial charge in [-0.3, -0.25) is 19.3 Å². The summed E-state index contributed by atoms with van der Waals surface area (Å²) in [6.45, 7) is 1.96. The van der Waals surface area contributed by atoms with Gasteiger partial charge in [-0.25, -0.2) is 4.79 Å². The Morgan fingerprint density at radius 1 is 1.06 bits per heavy atom. The van der Waals surface area contributed by atoms with Crippen LogP contribution in [0.25, 0.3) is 0 Å². The SMILES string of the molecule is COCCCN1C(=O)c2ccc(C(=O)OCC(=O)N[C@H](C)c3ccc(Cl)cc3)cc2C1=O. The molecule has 1 atom stereocenters. The lowest BCUT2D eigenvalue weighted by Gasteiger charge is -2.14. The number of methoxy groups -OCH3 is 1.